The Morgan fingerprint density at radius 2 is 2.00 bits per heavy atom. The van der Waals surface area contributed by atoms with E-state index in [4.69, 9.17) is 9.47 Å². The van der Waals surface area contributed by atoms with Crippen molar-refractivity contribution in [2.45, 2.75) is 45.6 Å². The van der Waals surface area contributed by atoms with Crippen LogP contribution >= 0.6 is 0 Å². The molecule has 0 radical (unpaired) electrons. The quantitative estimate of drug-likeness (QED) is 0.513. The van der Waals surface area contributed by atoms with E-state index in [1.165, 1.54) is 0 Å². The second-order valence-corrected chi connectivity index (χ2v) is 4.75. The van der Waals surface area contributed by atoms with Gasteiger partial charge in [-0.25, -0.2) is 4.79 Å². The number of unbranched alkanes of at least 4 members (excludes halogenated alkanes) is 1. The number of rotatable bonds is 8. The molecule has 0 aliphatic heterocycles. The highest BCUT2D eigenvalue weighted by Gasteiger charge is 2.57. The second kappa shape index (κ2) is 7.33. The molecule has 1 aliphatic carbocycles. The van der Waals surface area contributed by atoms with E-state index in [0.29, 0.717) is 26.1 Å². The van der Waals surface area contributed by atoms with Crippen LogP contribution in [0.15, 0.2) is 0 Å². The van der Waals surface area contributed by atoms with Gasteiger partial charge in [-0.2, -0.15) is 0 Å². The number of hydrogen-bond donors (Lipinski definition) is 2. The summed E-state index contributed by atoms with van der Waals surface area (Å²) >= 11 is 0. The lowest BCUT2D eigenvalue weighted by Crippen LogP contribution is -2.48. The van der Waals surface area contributed by atoms with Gasteiger partial charge in [0.15, 0.2) is 0 Å². The minimum absolute atomic E-state index is 0.291. The van der Waals surface area contributed by atoms with Gasteiger partial charge in [-0.3, -0.25) is 4.79 Å². The monoisotopic (exact) mass is 273 g/mol. The van der Waals surface area contributed by atoms with Crippen LogP contribution in [0.4, 0.5) is 4.79 Å². The highest BCUT2D eigenvalue weighted by Crippen LogP contribution is 2.49. The summed E-state index contributed by atoms with van der Waals surface area (Å²) in [6.45, 7) is 4.06. The number of ether oxygens (including phenoxy) is 2. The van der Waals surface area contributed by atoms with Gasteiger partial charge in [0.2, 0.25) is 0 Å². The topological polar surface area (TPSA) is 84.9 Å². The summed E-state index contributed by atoms with van der Waals surface area (Å²) in [7, 11) is 0. The fourth-order valence-corrected chi connectivity index (χ4v) is 1.96. The molecule has 2 N–H and O–H groups in total. The second-order valence-electron chi connectivity index (χ2n) is 4.75. The lowest BCUT2D eigenvalue weighted by Gasteiger charge is -2.24. The van der Waals surface area contributed by atoms with Crippen molar-refractivity contribution >= 4 is 12.1 Å². The minimum Gasteiger partial charge on any atom is -0.466 e. The zero-order valence-electron chi connectivity index (χ0n) is 11.6. The Labute approximate surface area is 113 Å². The predicted molar refractivity (Wildman–Crippen MR) is 68.6 cm³/mol. The first-order chi connectivity index (χ1) is 9.10. The highest BCUT2D eigenvalue weighted by molar-refractivity contribution is 5.82. The van der Waals surface area contributed by atoms with E-state index < -0.39 is 17.6 Å². The number of alkyl carbamates (subject to hydrolysis) is 1. The van der Waals surface area contributed by atoms with Crippen LogP contribution in [0.1, 0.15) is 39.5 Å². The third-order valence-corrected chi connectivity index (χ3v) is 3.34. The maximum Gasteiger partial charge on any atom is 0.407 e. The summed E-state index contributed by atoms with van der Waals surface area (Å²) in [6.07, 6.45) is 2.37. The number of esters is 1. The van der Waals surface area contributed by atoms with Crippen LogP contribution in [0, 0.1) is 5.41 Å². The molecule has 6 heteroatoms. The standard InChI is InChI=1S/C13H23NO5/c1-3-5-8-19-12(17)14-10(9-15)13(6-7-13)11(16)18-4-2/h10,15H,3-9H2,1-2H3,(H,14,17). The number of aliphatic hydroxyl groups excluding tert-OH is 1. The average molecular weight is 273 g/mol. The number of aliphatic hydroxyl groups is 1. The molecule has 6 nitrogen and oxygen atoms in total. The first-order valence-corrected chi connectivity index (χ1v) is 6.82. The molecule has 0 aromatic heterocycles. The molecular formula is C13H23NO5. The van der Waals surface area contributed by atoms with Crippen LogP contribution in [-0.2, 0) is 14.3 Å². The van der Waals surface area contributed by atoms with Crippen molar-refractivity contribution in [2.24, 2.45) is 5.41 Å². The third-order valence-electron chi connectivity index (χ3n) is 3.34. The maximum atomic E-state index is 11.8. The van der Waals surface area contributed by atoms with Crippen LogP contribution in [0.2, 0.25) is 0 Å². The van der Waals surface area contributed by atoms with Gasteiger partial charge in [-0.05, 0) is 26.2 Å². The van der Waals surface area contributed by atoms with Gasteiger partial charge in [-0.15, -0.1) is 0 Å². The Hall–Kier alpha value is -1.30. The summed E-state index contributed by atoms with van der Waals surface area (Å²) in [6, 6.07) is -0.638. The molecular weight excluding hydrogens is 250 g/mol. The molecule has 1 fully saturated rings. The Morgan fingerprint density at radius 1 is 1.32 bits per heavy atom. The molecule has 110 valence electrons. The number of hydrogen-bond acceptors (Lipinski definition) is 5. The molecule has 1 atom stereocenters. The van der Waals surface area contributed by atoms with Crippen LogP contribution in [-0.4, -0.2) is 43.0 Å². The van der Waals surface area contributed by atoms with Gasteiger partial charge in [0.05, 0.1) is 31.3 Å². The predicted octanol–water partition coefficient (Wildman–Crippen LogP) is 1.22. The number of carbonyl (C=O) groups excluding carboxylic acids is 2. The van der Waals surface area contributed by atoms with Crippen molar-refractivity contribution in [3.63, 3.8) is 0 Å². The Balaban J connectivity index is 2.49. The van der Waals surface area contributed by atoms with Crippen LogP contribution in [0.5, 0.6) is 0 Å². The molecule has 0 aromatic carbocycles. The lowest BCUT2D eigenvalue weighted by atomic mass is 9.97. The largest absolute Gasteiger partial charge is 0.466 e. The SMILES string of the molecule is CCCCOC(=O)NC(CO)C1(C(=O)OCC)CC1. The van der Waals surface area contributed by atoms with Crippen LogP contribution < -0.4 is 5.32 Å². The molecule has 0 saturated heterocycles. The third kappa shape index (κ3) is 4.09. The fourth-order valence-electron chi connectivity index (χ4n) is 1.96. The number of amides is 1. The van der Waals surface area contributed by atoms with E-state index in [9.17, 15) is 14.7 Å². The average Bonchev–Trinajstić information content (AvgIpc) is 3.18. The van der Waals surface area contributed by atoms with Gasteiger partial charge in [0, 0.05) is 0 Å². The van der Waals surface area contributed by atoms with Gasteiger partial charge in [0.1, 0.15) is 0 Å². The van der Waals surface area contributed by atoms with Crippen molar-refractivity contribution < 1.29 is 24.2 Å². The lowest BCUT2D eigenvalue weighted by molar-refractivity contribution is -0.151. The summed E-state index contributed by atoms with van der Waals surface area (Å²) in [5.74, 6) is -0.358. The van der Waals surface area contributed by atoms with E-state index in [1.807, 2.05) is 6.92 Å². The molecule has 1 rings (SSSR count). The Morgan fingerprint density at radius 3 is 2.47 bits per heavy atom. The number of carbonyl (C=O) groups is 2. The van der Waals surface area contributed by atoms with Crippen LogP contribution in [0.25, 0.3) is 0 Å². The molecule has 0 heterocycles. The van der Waals surface area contributed by atoms with Gasteiger partial charge >= 0.3 is 12.1 Å². The van der Waals surface area contributed by atoms with Crippen molar-refractivity contribution in [2.75, 3.05) is 19.8 Å². The smallest absolute Gasteiger partial charge is 0.407 e. The van der Waals surface area contributed by atoms with E-state index in [0.717, 1.165) is 12.8 Å². The normalized spacial score (nSPS) is 17.4. The van der Waals surface area contributed by atoms with Crippen molar-refractivity contribution in [3.05, 3.63) is 0 Å². The van der Waals surface area contributed by atoms with E-state index in [2.05, 4.69) is 5.32 Å². The molecule has 0 bridgehead atoms. The van der Waals surface area contributed by atoms with E-state index in [-0.39, 0.29) is 12.6 Å². The molecule has 0 spiro atoms. The van der Waals surface area contributed by atoms with Gasteiger partial charge in [-0.1, -0.05) is 13.3 Å². The zero-order valence-corrected chi connectivity index (χ0v) is 11.6. The summed E-state index contributed by atoms with van der Waals surface area (Å²) in [5.41, 5.74) is -0.769. The zero-order chi connectivity index (χ0) is 14.3. The maximum absolute atomic E-state index is 11.8. The molecule has 1 saturated carbocycles. The van der Waals surface area contributed by atoms with Gasteiger partial charge < -0.3 is 19.9 Å². The van der Waals surface area contributed by atoms with Crippen LogP contribution in [0.3, 0.4) is 0 Å². The van der Waals surface area contributed by atoms with E-state index >= 15 is 0 Å². The summed E-state index contributed by atoms with van der Waals surface area (Å²) in [5, 5.41) is 11.9. The minimum atomic E-state index is -0.769. The highest BCUT2D eigenvalue weighted by atomic mass is 16.5. The Kier molecular flexibility index (Phi) is 6.08. The Bertz CT molecular complexity index is 314. The first kappa shape index (κ1) is 15.8. The first-order valence-electron chi connectivity index (χ1n) is 6.82. The van der Waals surface area contributed by atoms with E-state index in [1.54, 1.807) is 6.92 Å². The molecule has 1 unspecified atom stereocenters. The van der Waals surface area contributed by atoms with Crippen molar-refractivity contribution in [3.8, 4) is 0 Å². The molecule has 19 heavy (non-hydrogen) atoms. The molecule has 0 aromatic rings. The van der Waals surface area contributed by atoms with Gasteiger partial charge in [0.25, 0.3) is 0 Å². The van der Waals surface area contributed by atoms with Crippen molar-refractivity contribution in [1.82, 2.24) is 5.32 Å². The number of nitrogens with one attached hydrogen (secondary N) is 1. The molecule has 1 amide bonds. The summed E-state index contributed by atoms with van der Waals surface area (Å²) < 4.78 is 9.95. The fraction of sp³-hybridized carbons (Fsp3) is 0.846. The molecule has 1 aliphatic rings. The summed E-state index contributed by atoms with van der Waals surface area (Å²) in [4.78, 5) is 23.4. The van der Waals surface area contributed by atoms with Crippen molar-refractivity contribution in [1.29, 1.82) is 0 Å².